The molecule has 8 nitrogen and oxygen atoms in total. The molecule has 2 amide bonds. The van der Waals surface area contributed by atoms with Crippen molar-refractivity contribution in [3.05, 3.63) is 70.2 Å². The molecule has 1 unspecified atom stereocenters. The molecule has 2 fully saturated rings. The number of carbonyl (C=O) groups excluding carboxylic acids is 2. The number of allylic oxidation sites excluding steroid dienone is 4. The van der Waals surface area contributed by atoms with Gasteiger partial charge in [-0.1, -0.05) is 43.7 Å². The molecule has 8 heteroatoms. The number of hydrogen-bond donors (Lipinski definition) is 5. The molecule has 2 aliphatic heterocycles. The van der Waals surface area contributed by atoms with Crippen LogP contribution in [0.1, 0.15) is 107 Å². The highest BCUT2D eigenvalue weighted by atomic mass is 16.2. The van der Waals surface area contributed by atoms with Crippen LogP contribution in [0.5, 0.6) is 0 Å². The smallest absolute Gasteiger partial charge is 0.319 e. The van der Waals surface area contributed by atoms with Crippen LogP contribution in [-0.4, -0.2) is 56.5 Å². The van der Waals surface area contributed by atoms with Crippen molar-refractivity contribution in [3.63, 3.8) is 0 Å². The summed E-state index contributed by atoms with van der Waals surface area (Å²) in [5.74, 6) is 1.71. The molecule has 4 aliphatic rings. The summed E-state index contributed by atoms with van der Waals surface area (Å²) in [6, 6.07) is 8.62. The zero-order chi connectivity index (χ0) is 30.8. The van der Waals surface area contributed by atoms with E-state index >= 15 is 0 Å². The number of aldehydes is 1. The van der Waals surface area contributed by atoms with Gasteiger partial charge in [0, 0.05) is 30.4 Å². The maximum atomic E-state index is 12.5. The van der Waals surface area contributed by atoms with E-state index < -0.39 is 0 Å². The van der Waals surface area contributed by atoms with E-state index in [2.05, 4.69) is 83.8 Å². The SMILES string of the molecule is CN1CCC(c2ccc(C=O)cc2)CC1.CNC1=CC(CCC2=C(C)CCC(NC(=O)NC3CCC(C)(C)CC3)=C2)NN1. The third-order valence-electron chi connectivity index (χ3n) is 9.63. The normalized spacial score (nSPS) is 22.9. The Labute approximate surface area is 259 Å². The number of hydrazine groups is 1. The van der Waals surface area contributed by atoms with Crippen LogP contribution in [0, 0.1) is 5.41 Å². The second-order valence-electron chi connectivity index (χ2n) is 13.6. The van der Waals surface area contributed by atoms with Gasteiger partial charge < -0.3 is 26.3 Å². The zero-order valence-electron chi connectivity index (χ0n) is 27.0. The Bertz CT molecular complexity index is 1170. The minimum absolute atomic E-state index is 0.0434. The van der Waals surface area contributed by atoms with E-state index in [0.717, 1.165) is 61.9 Å². The van der Waals surface area contributed by atoms with Crippen molar-refractivity contribution in [3.8, 4) is 0 Å². The van der Waals surface area contributed by atoms with Gasteiger partial charge in [0.25, 0.3) is 0 Å². The fraction of sp³-hybridized carbons (Fsp3) is 0.600. The fourth-order valence-electron chi connectivity index (χ4n) is 6.44. The first-order chi connectivity index (χ1) is 20.6. The van der Waals surface area contributed by atoms with E-state index in [1.807, 2.05) is 19.2 Å². The van der Waals surface area contributed by atoms with Crippen LogP contribution < -0.4 is 26.8 Å². The summed E-state index contributed by atoms with van der Waals surface area (Å²) in [7, 11) is 4.09. The van der Waals surface area contributed by atoms with Gasteiger partial charge >= 0.3 is 6.03 Å². The molecule has 1 atom stereocenters. The largest absolute Gasteiger partial charge is 0.374 e. The summed E-state index contributed by atoms with van der Waals surface area (Å²) < 4.78 is 0. The van der Waals surface area contributed by atoms with Gasteiger partial charge in [-0.2, -0.15) is 0 Å². The average Bonchev–Trinajstić information content (AvgIpc) is 3.47. The molecule has 0 bridgehead atoms. The first-order valence-electron chi connectivity index (χ1n) is 16.3. The number of urea groups is 1. The van der Waals surface area contributed by atoms with Gasteiger partial charge in [0.15, 0.2) is 0 Å². The molecule has 1 aromatic rings. The lowest BCUT2D eigenvalue weighted by Crippen LogP contribution is -2.44. The predicted molar refractivity (Wildman–Crippen MR) is 175 cm³/mol. The second kappa shape index (κ2) is 15.6. The molecule has 1 saturated heterocycles. The zero-order valence-corrected chi connectivity index (χ0v) is 27.0. The highest BCUT2D eigenvalue weighted by molar-refractivity contribution is 5.76. The fourth-order valence-corrected chi connectivity index (χ4v) is 6.44. The van der Waals surface area contributed by atoms with Gasteiger partial charge in [-0.25, -0.2) is 10.2 Å². The van der Waals surface area contributed by atoms with Crippen molar-refractivity contribution in [2.75, 3.05) is 27.2 Å². The Morgan fingerprint density at radius 1 is 1.07 bits per heavy atom. The standard InChI is InChI=1S/C22H37N5O.C13H17NO/c1-15-5-7-18(13-16(15)6-8-19-14-20(23-4)27-26-19)25-21(28)24-17-9-11-22(2,3)12-10-17;1-14-8-6-13(7-9-14)12-4-2-11(10-15)3-5-12/h13-14,17,19,23,26-27H,5-12H2,1-4H3,(H2,24,25,28);2-5,10,13H,6-9H2,1H3. The molecular weight excluding hydrogens is 536 g/mol. The topological polar surface area (TPSA) is 97.5 Å². The number of nitrogens with one attached hydrogen (secondary N) is 5. The molecule has 0 spiro atoms. The summed E-state index contributed by atoms with van der Waals surface area (Å²) >= 11 is 0. The highest BCUT2D eigenvalue weighted by Gasteiger charge is 2.28. The Morgan fingerprint density at radius 3 is 2.40 bits per heavy atom. The molecule has 2 heterocycles. The molecule has 43 heavy (non-hydrogen) atoms. The van der Waals surface area contributed by atoms with Gasteiger partial charge in [0.1, 0.15) is 12.1 Å². The summed E-state index contributed by atoms with van der Waals surface area (Å²) in [5.41, 5.74) is 12.8. The lowest BCUT2D eigenvalue weighted by molar-refractivity contribution is 0.112. The van der Waals surface area contributed by atoms with E-state index in [9.17, 15) is 9.59 Å². The van der Waals surface area contributed by atoms with Gasteiger partial charge in [-0.15, -0.1) is 0 Å². The van der Waals surface area contributed by atoms with Crippen molar-refractivity contribution >= 4 is 12.3 Å². The Kier molecular flexibility index (Phi) is 11.9. The molecule has 1 aromatic carbocycles. The van der Waals surface area contributed by atoms with Gasteiger partial charge in [-0.3, -0.25) is 4.79 Å². The number of hydrogen-bond acceptors (Lipinski definition) is 6. The summed E-state index contributed by atoms with van der Waals surface area (Å²) in [6.45, 7) is 9.21. The average molecular weight is 591 g/mol. The lowest BCUT2D eigenvalue weighted by Gasteiger charge is -2.34. The van der Waals surface area contributed by atoms with Crippen LogP contribution in [0.2, 0.25) is 0 Å². The van der Waals surface area contributed by atoms with Gasteiger partial charge in [0.05, 0.1) is 0 Å². The summed E-state index contributed by atoms with van der Waals surface area (Å²) in [5, 5.41) is 9.40. The predicted octanol–water partition coefficient (Wildman–Crippen LogP) is 5.87. The number of likely N-dealkylation sites (tertiary alicyclic amines) is 1. The molecule has 0 aromatic heterocycles. The van der Waals surface area contributed by atoms with Crippen molar-refractivity contribution in [1.82, 2.24) is 31.7 Å². The molecular formula is C35H54N6O2. The van der Waals surface area contributed by atoms with Crippen molar-refractivity contribution in [1.29, 1.82) is 0 Å². The molecule has 5 N–H and O–H groups in total. The first kappa shape index (κ1) is 32.8. The second-order valence-corrected chi connectivity index (χ2v) is 13.6. The van der Waals surface area contributed by atoms with E-state index in [0.29, 0.717) is 23.4 Å². The van der Waals surface area contributed by atoms with Crippen LogP contribution in [0.15, 0.2) is 59.1 Å². The Morgan fingerprint density at radius 2 is 1.77 bits per heavy atom. The van der Waals surface area contributed by atoms with E-state index in [1.54, 1.807) is 0 Å². The molecule has 0 radical (unpaired) electrons. The Hall–Kier alpha value is -3.10. The van der Waals surface area contributed by atoms with Crippen molar-refractivity contribution in [2.24, 2.45) is 5.41 Å². The number of rotatable bonds is 8. The van der Waals surface area contributed by atoms with Crippen LogP contribution in [0.25, 0.3) is 0 Å². The van der Waals surface area contributed by atoms with Gasteiger partial charge in [0.2, 0.25) is 0 Å². The number of nitrogens with zero attached hydrogens (tertiary/aromatic N) is 1. The van der Waals surface area contributed by atoms with Crippen LogP contribution in [-0.2, 0) is 0 Å². The molecule has 1 saturated carbocycles. The number of piperidine rings is 1. The Balaban J connectivity index is 0.000000237. The number of carbonyl (C=O) groups is 2. The maximum Gasteiger partial charge on any atom is 0.319 e. The van der Waals surface area contributed by atoms with Crippen molar-refractivity contribution < 1.29 is 9.59 Å². The van der Waals surface area contributed by atoms with E-state index in [-0.39, 0.29) is 6.03 Å². The van der Waals surface area contributed by atoms with E-state index in [4.69, 9.17) is 0 Å². The third kappa shape index (κ3) is 10.2. The van der Waals surface area contributed by atoms with E-state index in [1.165, 1.54) is 55.5 Å². The molecule has 2 aliphatic carbocycles. The number of amides is 2. The molecule has 5 rings (SSSR count). The summed E-state index contributed by atoms with van der Waals surface area (Å²) in [6.07, 6.45) is 16.2. The first-order valence-corrected chi connectivity index (χ1v) is 16.3. The van der Waals surface area contributed by atoms with Gasteiger partial charge in [-0.05, 0) is 126 Å². The van der Waals surface area contributed by atoms with Crippen LogP contribution in [0.4, 0.5) is 4.79 Å². The lowest BCUT2D eigenvalue weighted by atomic mass is 9.76. The molecule has 236 valence electrons. The number of benzene rings is 1. The summed E-state index contributed by atoms with van der Waals surface area (Å²) in [4.78, 5) is 25.4. The third-order valence-corrected chi connectivity index (χ3v) is 9.63. The van der Waals surface area contributed by atoms with Crippen molar-refractivity contribution in [2.45, 2.75) is 103 Å². The minimum Gasteiger partial charge on any atom is -0.374 e. The van der Waals surface area contributed by atoms with Crippen LogP contribution >= 0.6 is 0 Å². The maximum absolute atomic E-state index is 12.5. The monoisotopic (exact) mass is 590 g/mol. The minimum atomic E-state index is -0.0434. The quantitative estimate of drug-likeness (QED) is 0.243. The van der Waals surface area contributed by atoms with Crippen LogP contribution in [0.3, 0.4) is 0 Å². The highest BCUT2D eigenvalue weighted by Crippen LogP contribution is 2.35.